The first-order valence-electron chi connectivity index (χ1n) is 7.54. The van der Waals surface area contributed by atoms with Gasteiger partial charge in [0.15, 0.2) is 0 Å². The van der Waals surface area contributed by atoms with E-state index in [2.05, 4.69) is 31.2 Å². The molecule has 0 aromatic heterocycles. The molecule has 0 heterocycles. The fourth-order valence-corrected chi connectivity index (χ4v) is 2.84. The van der Waals surface area contributed by atoms with Crippen LogP contribution in [-0.4, -0.2) is 6.61 Å². The average Bonchev–Trinajstić information content (AvgIpc) is 2.42. The average molecular weight is 246 g/mol. The lowest BCUT2D eigenvalue weighted by molar-refractivity contribution is 0.283. The van der Waals surface area contributed by atoms with E-state index in [1.165, 1.54) is 56.9 Å². The van der Waals surface area contributed by atoms with Crippen molar-refractivity contribution in [1.82, 2.24) is 0 Å². The van der Waals surface area contributed by atoms with E-state index in [9.17, 15) is 0 Å². The van der Waals surface area contributed by atoms with Crippen LogP contribution in [0.15, 0.2) is 24.3 Å². The second-order valence-corrected chi connectivity index (χ2v) is 5.66. The van der Waals surface area contributed by atoms with E-state index in [0.717, 1.165) is 18.3 Å². The molecule has 0 radical (unpaired) electrons. The van der Waals surface area contributed by atoms with Gasteiger partial charge in [-0.2, -0.15) is 0 Å². The highest BCUT2D eigenvalue weighted by atomic mass is 16.5. The van der Waals surface area contributed by atoms with Gasteiger partial charge in [0.25, 0.3) is 0 Å². The molecule has 100 valence electrons. The quantitative estimate of drug-likeness (QED) is 0.633. The third-order valence-corrected chi connectivity index (χ3v) is 4.02. The Balaban J connectivity index is 1.54. The molecule has 1 saturated carbocycles. The molecule has 1 nitrogen and oxygen atoms in total. The number of ether oxygens (including phenoxy) is 1. The Morgan fingerprint density at radius 1 is 1.00 bits per heavy atom. The highest BCUT2D eigenvalue weighted by molar-refractivity contribution is 5.26. The molecule has 1 aliphatic carbocycles. The maximum absolute atomic E-state index is 5.75. The zero-order valence-corrected chi connectivity index (χ0v) is 11.7. The van der Waals surface area contributed by atoms with Crippen LogP contribution in [0, 0.1) is 12.8 Å². The molecule has 1 aromatic carbocycles. The van der Waals surface area contributed by atoms with E-state index < -0.39 is 0 Å². The predicted molar refractivity (Wildman–Crippen MR) is 77.1 cm³/mol. The largest absolute Gasteiger partial charge is 0.494 e. The minimum absolute atomic E-state index is 0.871. The fraction of sp³-hybridized carbons (Fsp3) is 0.647. The lowest BCUT2D eigenvalue weighted by Gasteiger charge is -2.21. The monoisotopic (exact) mass is 246 g/mol. The summed E-state index contributed by atoms with van der Waals surface area (Å²) >= 11 is 0. The lowest BCUT2D eigenvalue weighted by Crippen LogP contribution is -2.06. The van der Waals surface area contributed by atoms with Crippen molar-refractivity contribution in [2.45, 2.75) is 58.3 Å². The third-order valence-electron chi connectivity index (χ3n) is 4.02. The maximum atomic E-state index is 5.75. The molecule has 0 N–H and O–H groups in total. The Morgan fingerprint density at radius 3 is 2.44 bits per heavy atom. The van der Waals surface area contributed by atoms with Crippen LogP contribution in [0.1, 0.15) is 56.9 Å². The van der Waals surface area contributed by atoms with Gasteiger partial charge in [-0.1, -0.05) is 56.2 Å². The minimum atomic E-state index is 0.871. The number of benzene rings is 1. The maximum Gasteiger partial charge on any atom is 0.119 e. The minimum Gasteiger partial charge on any atom is -0.494 e. The third kappa shape index (κ3) is 4.72. The predicted octanol–water partition coefficient (Wildman–Crippen LogP) is 5.12. The van der Waals surface area contributed by atoms with Gasteiger partial charge in [0.1, 0.15) is 5.75 Å². The van der Waals surface area contributed by atoms with Crippen molar-refractivity contribution < 1.29 is 4.74 Å². The molecule has 0 spiro atoms. The van der Waals surface area contributed by atoms with Crippen LogP contribution in [0.3, 0.4) is 0 Å². The summed E-state index contributed by atoms with van der Waals surface area (Å²) in [5.41, 5.74) is 1.29. The molecule has 1 heteroatoms. The van der Waals surface area contributed by atoms with Crippen molar-refractivity contribution in [3.05, 3.63) is 29.8 Å². The van der Waals surface area contributed by atoms with Gasteiger partial charge in [0, 0.05) is 0 Å². The topological polar surface area (TPSA) is 9.23 Å². The highest BCUT2D eigenvalue weighted by Crippen LogP contribution is 2.27. The van der Waals surface area contributed by atoms with Crippen molar-refractivity contribution in [1.29, 1.82) is 0 Å². The molecule has 0 saturated heterocycles. The van der Waals surface area contributed by atoms with E-state index in [0.29, 0.717) is 0 Å². The Morgan fingerprint density at radius 2 is 1.72 bits per heavy atom. The van der Waals surface area contributed by atoms with Crippen LogP contribution >= 0.6 is 0 Å². The van der Waals surface area contributed by atoms with Crippen LogP contribution in [0.25, 0.3) is 0 Å². The molecule has 0 unspecified atom stereocenters. The second kappa shape index (κ2) is 7.45. The molecule has 0 amide bonds. The molecule has 1 aromatic rings. The molecular formula is C17H26O. The van der Waals surface area contributed by atoms with Gasteiger partial charge >= 0.3 is 0 Å². The molecule has 1 fully saturated rings. The normalized spacial score (nSPS) is 16.7. The van der Waals surface area contributed by atoms with Crippen molar-refractivity contribution in [2.75, 3.05) is 6.61 Å². The van der Waals surface area contributed by atoms with Gasteiger partial charge in [-0.25, -0.2) is 0 Å². The van der Waals surface area contributed by atoms with E-state index >= 15 is 0 Å². The Labute approximate surface area is 112 Å². The molecular weight excluding hydrogens is 220 g/mol. The zero-order valence-electron chi connectivity index (χ0n) is 11.7. The Kier molecular flexibility index (Phi) is 5.57. The molecule has 0 atom stereocenters. The summed E-state index contributed by atoms with van der Waals surface area (Å²) in [6, 6.07) is 8.35. The van der Waals surface area contributed by atoms with Gasteiger partial charge in [-0.3, -0.25) is 0 Å². The standard InChI is InChI=1S/C17H26O/c1-15-10-12-17(13-11-15)18-14-6-5-9-16-7-3-2-4-8-16/h10-13,16H,2-9,14H2,1H3. The first-order chi connectivity index (χ1) is 8.84. The van der Waals surface area contributed by atoms with Gasteiger partial charge < -0.3 is 4.74 Å². The summed E-state index contributed by atoms with van der Waals surface area (Å²) in [7, 11) is 0. The lowest BCUT2D eigenvalue weighted by atomic mass is 9.86. The summed E-state index contributed by atoms with van der Waals surface area (Å²) in [5.74, 6) is 2.02. The van der Waals surface area contributed by atoms with Crippen LogP contribution < -0.4 is 4.74 Å². The van der Waals surface area contributed by atoms with E-state index in [1.54, 1.807) is 0 Å². The number of unbranched alkanes of at least 4 members (excludes halogenated alkanes) is 1. The van der Waals surface area contributed by atoms with Gasteiger partial charge in [0.05, 0.1) is 6.61 Å². The van der Waals surface area contributed by atoms with Crippen LogP contribution in [0.5, 0.6) is 5.75 Å². The number of hydrogen-bond acceptors (Lipinski definition) is 1. The molecule has 0 aliphatic heterocycles. The fourth-order valence-electron chi connectivity index (χ4n) is 2.84. The first-order valence-corrected chi connectivity index (χ1v) is 7.54. The second-order valence-electron chi connectivity index (χ2n) is 5.66. The zero-order chi connectivity index (χ0) is 12.6. The molecule has 18 heavy (non-hydrogen) atoms. The van der Waals surface area contributed by atoms with E-state index in [1.807, 2.05) is 0 Å². The van der Waals surface area contributed by atoms with Gasteiger partial charge in [-0.05, 0) is 37.8 Å². The highest BCUT2D eigenvalue weighted by Gasteiger charge is 2.12. The van der Waals surface area contributed by atoms with Crippen LogP contribution in [0.4, 0.5) is 0 Å². The van der Waals surface area contributed by atoms with E-state index in [4.69, 9.17) is 4.74 Å². The van der Waals surface area contributed by atoms with Crippen molar-refractivity contribution in [3.63, 3.8) is 0 Å². The van der Waals surface area contributed by atoms with Gasteiger partial charge in [0.2, 0.25) is 0 Å². The van der Waals surface area contributed by atoms with E-state index in [-0.39, 0.29) is 0 Å². The van der Waals surface area contributed by atoms with Gasteiger partial charge in [-0.15, -0.1) is 0 Å². The molecule has 1 aliphatic rings. The summed E-state index contributed by atoms with van der Waals surface area (Å²) in [4.78, 5) is 0. The van der Waals surface area contributed by atoms with Crippen molar-refractivity contribution in [2.24, 2.45) is 5.92 Å². The van der Waals surface area contributed by atoms with Crippen molar-refractivity contribution >= 4 is 0 Å². The molecule has 2 rings (SSSR count). The Bertz CT molecular complexity index is 322. The summed E-state index contributed by atoms with van der Waals surface area (Å²) in [5, 5.41) is 0. The Hall–Kier alpha value is -0.980. The smallest absolute Gasteiger partial charge is 0.119 e. The van der Waals surface area contributed by atoms with Crippen molar-refractivity contribution in [3.8, 4) is 5.75 Å². The number of rotatable bonds is 6. The van der Waals surface area contributed by atoms with Crippen LogP contribution in [0.2, 0.25) is 0 Å². The number of hydrogen-bond donors (Lipinski definition) is 0. The first kappa shape index (κ1) is 13.5. The summed E-state index contributed by atoms with van der Waals surface area (Å²) in [6.07, 6.45) is 11.3. The van der Waals surface area contributed by atoms with Crippen LogP contribution in [-0.2, 0) is 0 Å². The summed E-state index contributed by atoms with van der Waals surface area (Å²) in [6.45, 7) is 2.98. The number of aryl methyl sites for hydroxylation is 1. The molecule has 0 bridgehead atoms. The summed E-state index contributed by atoms with van der Waals surface area (Å²) < 4.78 is 5.75. The SMILES string of the molecule is Cc1ccc(OCCCCC2CCCCC2)cc1.